The molecule has 0 bridgehead atoms. The van der Waals surface area contributed by atoms with Crippen LogP contribution in [0.5, 0.6) is 0 Å². The number of aryl methyl sites for hydroxylation is 1. The predicted octanol–water partition coefficient (Wildman–Crippen LogP) is 4.34. The van der Waals surface area contributed by atoms with E-state index in [4.69, 9.17) is 11.6 Å². The Morgan fingerprint density at radius 1 is 1.07 bits per heavy atom. The largest absolute Gasteiger partial charge is 0.321 e. The van der Waals surface area contributed by atoms with Crippen LogP contribution in [0.3, 0.4) is 0 Å². The zero-order chi connectivity index (χ0) is 19.0. The van der Waals surface area contributed by atoms with Crippen LogP contribution in [0, 0.1) is 13.8 Å². The number of carbonyl (C=O) groups is 1. The molecule has 134 valence electrons. The van der Waals surface area contributed by atoms with Gasteiger partial charge in [0.2, 0.25) is 0 Å². The molecule has 2 heterocycles. The molecule has 27 heavy (non-hydrogen) atoms. The van der Waals surface area contributed by atoms with Gasteiger partial charge in [0.05, 0.1) is 16.9 Å². The van der Waals surface area contributed by atoms with Crippen molar-refractivity contribution in [3.63, 3.8) is 0 Å². The molecule has 0 spiro atoms. The third-order valence-corrected chi connectivity index (χ3v) is 4.48. The lowest BCUT2D eigenvalue weighted by Crippen LogP contribution is -2.14. The van der Waals surface area contributed by atoms with Crippen molar-refractivity contribution in [3.8, 4) is 5.69 Å². The van der Waals surface area contributed by atoms with Crippen molar-refractivity contribution in [1.29, 1.82) is 0 Å². The number of nitrogens with zero attached hydrogens (tertiary/aromatic N) is 4. The zero-order valence-electron chi connectivity index (χ0n) is 14.8. The fourth-order valence-electron chi connectivity index (χ4n) is 2.97. The Morgan fingerprint density at radius 2 is 1.85 bits per heavy atom. The molecule has 1 amide bonds. The average molecular weight is 378 g/mol. The number of hydrogen-bond donors (Lipinski definition) is 1. The standard InChI is InChI=1S/C20H16ClN5O/c1-12-10-18(16-9-8-14(21)11-17(16)22-12)26-13(2)19(24-25-26)20(27)23-15-6-4-3-5-7-15/h3-11H,1-2H3,(H,23,27). The van der Waals surface area contributed by atoms with Crippen LogP contribution in [0.2, 0.25) is 5.02 Å². The number of hydrogen-bond acceptors (Lipinski definition) is 4. The van der Waals surface area contributed by atoms with Gasteiger partial charge in [-0.1, -0.05) is 35.0 Å². The lowest BCUT2D eigenvalue weighted by atomic mass is 10.1. The predicted molar refractivity (Wildman–Crippen MR) is 106 cm³/mol. The Balaban J connectivity index is 1.77. The minimum absolute atomic E-state index is 0.274. The van der Waals surface area contributed by atoms with Gasteiger partial charge in [0.25, 0.3) is 5.91 Å². The van der Waals surface area contributed by atoms with E-state index in [0.29, 0.717) is 16.4 Å². The minimum atomic E-state index is -0.303. The van der Waals surface area contributed by atoms with Crippen LogP contribution in [0.25, 0.3) is 16.6 Å². The van der Waals surface area contributed by atoms with Crippen LogP contribution in [-0.2, 0) is 0 Å². The van der Waals surface area contributed by atoms with Crippen molar-refractivity contribution in [2.45, 2.75) is 13.8 Å². The first-order chi connectivity index (χ1) is 13.0. The molecule has 0 aliphatic heterocycles. The number of halogens is 1. The summed E-state index contributed by atoms with van der Waals surface area (Å²) in [6.07, 6.45) is 0. The first-order valence-corrected chi connectivity index (χ1v) is 8.77. The molecule has 0 aliphatic carbocycles. The molecular formula is C20H16ClN5O. The van der Waals surface area contributed by atoms with Gasteiger partial charge < -0.3 is 5.32 Å². The number of aromatic nitrogens is 4. The van der Waals surface area contributed by atoms with E-state index in [1.54, 1.807) is 10.7 Å². The number of anilines is 1. The lowest BCUT2D eigenvalue weighted by Gasteiger charge is -2.09. The van der Waals surface area contributed by atoms with Crippen LogP contribution in [0.15, 0.2) is 54.6 Å². The average Bonchev–Trinajstić information content (AvgIpc) is 3.03. The van der Waals surface area contributed by atoms with Gasteiger partial charge in [0.15, 0.2) is 5.69 Å². The van der Waals surface area contributed by atoms with Gasteiger partial charge >= 0.3 is 0 Å². The molecule has 0 fully saturated rings. The van der Waals surface area contributed by atoms with Gasteiger partial charge in [0, 0.05) is 21.8 Å². The molecule has 0 unspecified atom stereocenters. The van der Waals surface area contributed by atoms with Crippen LogP contribution in [0.4, 0.5) is 5.69 Å². The molecule has 1 N–H and O–H groups in total. The number of fused-ring (bicyclic) bond motifs is 1. The highest BCUT2D eigenvalue weighted by molar-refractivity contribution is 6.31. The quantitative estimate of drug-likeness (QED) is 0.576. The lowest BCUT2D eigenvalue weighted by molar-refractivity contribution is 0.102. The Hall–Kier alpha value is -3.25. The van der Waals surface area contributed by atoms with E-state index in [1.807, 2.05) is 62.4 Å². The van der Waals surface area contributed by atoms with Crippen molar-refractivity contribution < 1.29 is 4.79 Å². The first-order valence-electron chi connectivity index (χ1n) is 8.39. The Labute approximate surface area is 160 Å². The highest BCUT2D eigenvalue weighted by atomic mass is 35.5. The molecule has 2 aromatic carbocycles. The minimum Gasteiger partial charge on any atom is -0.321 e. The summed E-state index contributed by atoms with van der Waals surface area (Å²) in [6.45, 7) is 3.72. The molecule has 2 aromatic heterocycles. The van der Waals surface area contributed by atoms with E-state index in [-0.39, 0.29) is 11.6 Å². The van der Waals surface area contributed by atoms with E-state index in [0.717, 1.165) is 22.3 Å². The maximum atomic E-state index is 12.6. The van der Waals surface area contributed by atoms with Crippen LogP contribution in [0.1, 0.15) is 21.9 Å². The number of amides is 1. The van der Waals surface area contributed by atoms with E-state index in [1.165, 1.54) is 0 Å². The topological polar surface area (TPSA) is 72.7 Å². The number of pyridine rings is 1. The van der Waals surface area contributed by atoms with Crippen LogP contribution in [-0.4, -0.2) is 25.9 Å². The second kappa shape index (κ2) is 6.81. The fourth-order valence-corrected chi connectivity index (χ4v) is 3.13. The molecule has 0 aliphatic rings. The highest BCUT2D eigenvalue weighted by Gasteiger charge is 2.19. The number of rotatable bonds is 3. The third-order valence-electron chi connectivity index (χ3n) is 4.25. The number of para-hydroxylation sites is 1. The smallest absolute Gasteiger partial charge is 0.278 e. The van der Waals surface area contributed by atoms with Gasteiger partial charge in [-0.25, -0.2) is 4.68 Å². The summed E-state index contributed by atoms with van der Waals surface area (Å²) in [5.41, 5.74) is 4.02. The van der Waals surface area contributed by atoms with E-state index in [2.05, 4.69) is 20.6 Å². The van der Waals surface area contributed by atoms with Crippen molar-refractivity contribution in [2.24, 2.45) is 0 Å². The normalized spacial score (nSPS) is 10.9. The van der Waals surface area contributed by atoms with Crippen molar-refractivity contribution >= 4 is 34.1 Å². The molecule has 0 radical (unpaired) electrons. The Bertz CT molecular complexity index is 1150. The number of carbonyl (C=O) groups excluding carboxylic acids is 1. The SMILES string of the molecule is Cc1cc(-n2nnc(C(=O)Nc3ccccc3)c2C)c2ccc(Cl)cc2n1. The summed E-state index contributed by atoms with van der Waals surface area (Å²) < 4.78 is 1.66. The summed E-state index contributed by atoms with van der Waals surface area (Å²) in [5.74, 6) is -0.303. The summed E-state index contributed by atoms with van der Waals surface area (Å²) in [6, 6.07) is 16.7. The summed E-state index contributed by atoms with van der Waals surface area (Å²) in [5, 5.41) is 12.6. The number of benzene rings is 2. The van der Waals surface area contributed by atoms with Crippen molar-refractivity contribution in [3.05, 3.63) is 76.7 Å². The maximum Gasteiger partial charge on any atom is 0.278 e. The second-order valence-corrected chi connectivity index (χ2v) is 6.64. The molecule has 7 heteroatoms. The fraction of sp³-hybridized carbons (Fsp3) is 0.100. The molecular weight excluding hydrogens is 362 g/mol. The second-order valence-electron chi connectivity index (χ2n) is 6.20. The molecule has 0 saturated heterocycles. The summed E-state index contributed by atoms with van der Waals surface area (Å²) in [7, 11) is 0. The van der Waals surface area contributed by atoms with E-state index in [9.17, 15) is 4.79 Å². The molecule has 6 nitrogen and oxygen atoms in total. The van der Waals surface area contributed by atoms with E-state index < -0.39 is 0 Å². The van der Waals surface area contributed by atoms with E-state index >= 15 is 0 Å². The molecule has 4 rings (SSSR count). The van der Waals surface area contributed by atoms with Crippen molar-refractivity contribution in [2.75, 3.05) is 5.32 Å². The zero-order valence-corrected chi connectivity index (χ0v) is 15.5. The molecule has 0 atom stereocenters. The molecule has 0 saturated carbocycles. The summed E-state index contributed by atoms with van der Waals surface area (Å²) >= 11 is 6.10. The van der Waals surface area contributed by atoms with Crippen LogP contribution >= 0.6 is 11.6 Å². The van der Waals surface area contributed by atoms with Gasteiger partial charge in [-0.15, -0.1) is 5.10 Å². The Morgan fingerprint density at radius 3 is 2.63 bits per heavy atom. The third kappa shape index (κ3) is 3.27. The first kappa shape index (κ1) is 17.2. The van der Waals surface area contributed by atoms with Gasteiger partial charge in [0.1, 0.15) is 0 Å². The van der Waals surface area contributed by atoms with Crippen LogP contribution < -0.4 is 5.32 Å². The molecule has 4 aromatic rings. The number of nitrogens with one attached hydrogen (secondary N) is 1. The monoisotopic (exact) mass is 377 g/mol. The van der Waals surface area contributed by atoms with Crippen molar-refractivity contribution in [1.82, 2.24) is 20.0 Å². The van der Waals surface area contributed by atoms with Gasteiger partial charge in [-0.3, -0.25) is 9.78 Å². The summed E-state index contributed by atoms with van der Waals surface area (Å²) in [4.78, 5) is 17.1. The maximum absolute atomic E-state index is 12.6. The van der Waals surface area contributed by atoms with Gasteiger partial charge in [-0.2, -0.15) is 0 Å². The van der Waals surface area contributed by atoms with Gasteiger partial charge in [-0.05, 0) is 50.2 Å². The Kier molecular flexibility index (Phi) is 4.33. The highest BCUT2D eigenvalue weighted by Crippen LogP contribution is 2.26.